The number of carbonyl (C=O) groups excluding carboxylic acids is 1. The van der Waals surface area contributed by atoms with Gasteiger partial charge in [0.2, 0.25) is 5.91 Å². The number of nitrogens with zero attached hydrogens (tertiary/aromatic N) is 4. The first kappa shape index (κ1) is 25.7. The zero-order chi connectivity index (χ0) is 22.1. The number of aliphatic imine (C=N–C) groups is 1. The molecule has 2 aromatic rings. The number of pyridine rings is 1. The fourth-order valence-corrected chi connectivity index (χ4v) is 3.49. The summed E-state index contributed by atoms with van der Waals surface area (Å²) in [4.78, 5) is 25.7. The molecule has 0 bridgehead atoms. The Hall–Kier alpha value is -2.56. The van der Waals surface area contributed by atoms with Crippen molar-refractivity contribution in [1.82, 2.24) is 15.2 Å². The summed E-state index contributed by atoms with van der Waals surface area (Å²) < 4.78 is 5.50. The summed E-state index contributed by atoms with van der Waals surface area (Å²) in [6.07, 6.45) is 2.05. The minimum Gasteiger partial charge on any atom is -0.495 e. The molecular formula is C23H33IN6O2. The third-order valence-corrected chi connectivity index (χ3v) is 5.12. The van der Waals surface area contributed by atoms with E-state index < -0.39 is 0 Å². The van der Waals surface area contributed by atoms with Crippen LogP contribution in [0.25, 0.3) is 0 Å². The SMILES string of the molecule is CCNC(=NCCC(=O)Nc1ccc(C)cn1)N1CCN(c2ccccc2OC)CC1.I. The van der Waals surface area contributed by atoms with E-state index in [1.807, 2.05) is 37.3 Å². The number of carbonyl (C=O) groups is 1. The van der Waals surface area contributed by atoms with Crippen LogP contribution in [0, 0.1) is 6.92 Å². The van der Waals surface area contributed by atoms with Gasteiger partial charge in [-0.2, -0.15) is 0 Å². The number of guanidine groups is 1. The molecule has 0 atom stereocenters. The predicted octanol–water partition coefficient (Wildman–Crippen LogP) is 3.13. The second-order valence-electron chi connectivity index (χ2n) is 7.40. The smallest absolute Gasteiger partial charge is 0.227 e. The third kappa shape index (κ3) is 7.25. The average molecular weight is 552 g/mol. The van der Waals surface area contributed by atoms with E-state index in [1.54, 1.807) is 13.3 Å². The van der Waals surface area contributed by atoms with E-state index in [1.165, 1.54) is 0 Å². The number of aromatic nitrogens is 1. The Morgan fingerprint density at radius 3 is 2.56 bits per heavy atom. The number of piperazine rings is 1. The average Bonchev–Trinajstić information content (AvgIpc) is 2.80. The summed E-state index contributed by atoms with van der Waals surface area (Å²) >= 11 is 0. The van der Waals surface area contributed by atoms with Gasteiger partial charge < -0.3 is 25.2 Å². The number of para-hydroxylation sites is 2. The number of ether oxygens (including phenoxy) is 1. The zero-order valence-corrected chi connectivity index (χ0v) is 21.3. The van der Waals surface area contributed by atoms with Gasteiger partial charge in [-0.25, -0.2) is 4.98 Å². The van der Waals surface area contributed by atoms with Gasteiger partial charge in [-0.15, -0.1) is 24.0 Å². The number of nitrogens with one attached hydrogen (secondary N) is 2. The second-order valence-corrected chi connectivity index (χ2v) is 7.40. The van der Waals surface area contributed by atoms with Crippen LogP contribution in [0.4, 0.5) is 11.5 Å². The van der Waals surface area contributed by atoms with Gasteiger partial charge in [0.05, 0.1) is 19.3 Å². The van der Waals surface area contributed by atoms with Gasteiger partial charge in [-0.05, 0) is 37.6 Å². The van der Waals surface area contributed by atoms with Gasteiger partial charge in [-0.3, -0.25) is 9.79 Å². The number of rotatable bonds is 7. The minimum absolute atomic E-state index is 0. The molecule has 1 aromatic heterocycles. The second kappa shape index (κ2) is 13.1. The molecule has 1 aromatic carbocycles. The number of aryl methyl sites for hydroxylation is 1. The molecule has 0 spiro atoms. The van der Waals surface area contributed by atoms with Gasteiger partial charge in [0, 0.05) is 45.3 Å². The first-order valence-electron chi connectivity index (χ1n) is 10.7. The molecule has 1 amide bonds. The van der Waals surface area contributed by atoms with Crippen LogP contribution in [0.1, 0.15) is 18.9 Å². The fourth-order valence-electron chi connectivity index (χ4n) is 3.49. The van der Waals surface area contributed by atoms with Crippen molar-refractivity contribution in [2.75, 3.05) is 56.6 Å². The summed E-state index contributed by atoms with van der Waals surface area (Å²) in [5, 5.41) is 6.17. The number of hydrogen-bond donors (Lipinski definition) is 2. The number of methoxy groups -OCH3 is 1. The maximum Gasteiger partial charge on any atom is 0.227 e. The molecule has 174 valence electrons. The molecule has 0 saturated carbocycles. The van der Waals surface area contributed by atoms with Crippen molar-refractivity contribution in [2.45, 2.75) is 20.3 Å². The van der Waals surface area contributed by atoms with Crippen LogP contribution in [-0.2, 0) is 4.79 Å². The molecule has 1 saturated heterocycles. The third-order valence-electron chi connectivity index (χ3n) is 5.12. The quantitative estimate of drug-likeness (QED) is 0.312. The highest BCUT2D eigenvalue weighted by Crippen LogP contribution is 2.28. The van der Waals surface area contributed by atoms with E-state index in [9.17, 15) is 4.79 Å². The topological polar surface area (TPSA) is 82.1 Å². The molecular weight excluding hydrogens is 519 g/mol. The molecule has 0 aliphatic carbocycles. The van der Waals surface area contributed by atoms with Crippen molar-refractivity contribution in [3.63, 3.8) is 0 Å². The lowest BCUT2D eigenvalue weighted by Crippen LogP contribution is -2.52. The summed E-state index contributed by atoms with van der Waals surface area (Å²) in [6, 6.07) is 11.8. The van der Waals surface area contributed by atoms with E-state index in [0.717, 1.165) is 55.7 Å². The molecule has 3 rings (SSSR count). The number of halogens is 1. The number of anilines is 2. The fraction of sp³-hybridized carbons (Fsp3) is 0.435. The van der Waals surface area contributed by atoms with E-state index in [2.05, 4.69) is 43.4 Å². The van der Waals surface area contributed by atoms with Crippen LogP contribution in [0.5, 0.6) is 5.75 Å². The molecule has 2 heterocycles. The maximum absolute atomic E-state index is 12.2. The van der Waals surface area contributed by atoms with Gasteiger partial charge >= 0.3 is 0 Å². The number of benzene rings is 1. The lowest BCUT2D eigenvalue weighted by atomic mass is 10.2. The van der Waals surface area contributed by atoms with Crippen molar-refractivity contribution in [2.24, 2.45) is 4.99 Å². The zero-order valence-electron chi connectivity index (χ0n) is 19.0. The highest BCUT2D eigenvalue weighted by molar-refractivity contribution is 14.0. The normalized spacial score (nSPS) is 13.9. The van der Waals surface area contributed by atoms with Gasteiger partial charge in [0.25, 0.3) is 0 Å². The Morgan fingerprint density at radius 1 is 1.16 bits per heavy atom. The van der Waals surface area contributed by atoms with E-state index in [0.29, 0.717) is 18.8 Å². The summed E-state index contributed by atoms with van der Waals surface area (Å²) in [5.41, 5.74) is 2.18. The monoisotopic (exact) mass is 552 g/mol. The molecule has 9 heteroatoms. The van der Waals surface area contributed by atoms with E-state index >= 15 is 0 Å². The Balaban J connectivity index is 0.00000363. The van der Waals surface area contributed by atoms with Crippen molar-refractivity contribution >= 4 is 47.3 Å². The van der Waals surface area contributed by atoms with Crippen LogP contribution in [-0.4, -0.2) is 68.1 Å². The van der Waals surface area contributed by atoms with Gasteiger partial charge in [-0.1, -0.05) is 18.2 Å². The Morgan fingerprint density at radius 2 is 1.91 bits per heavy atom. The molecule has 2 N–H and O–H groups in total. The molecule has 1 fully saturated rings. The lowest BCUT2D eigenvalue weighted by molar-refractivity contribution is -0.116. The number of hydrogen-bond acceptors (Lipinski definition) is 5. The molecule has 32 heavy (non-hydrogen) atoms. The standard InChI is InChI=1S/C23H32N6O2.HI/c1-4-24-23(25-12-11-22(30)27-21-10-9-18(2)17-26-21)29-15-13-28(14-16-29)19-7-5-6-8-20(19)31-3;/h5-10,17H,4,11-16H2,1-3H3,(H,24,25)(H,26,27,30);1H. The minimum atomic E-state index is -0.0862. The number of amides is 1. The van der Waals surface area contributed by atoms with E-state index in [-0.39, 0.29) is 29.9 Å². The Bertz CT molecular complexity index is 882. The largest absolute Gasteiger partial charge is 0.495 e. The van der Waals surface area contributed by atoms with Crippen molar-refractivity contribution in [3.8, 4) is 5.75 Å². The molecule has 1 aliphatic rings. The Kier molecular flexibility index (Phi) is 10.5. The summed E-state index contributed by atoms with van der Waals surface area (Å²) in [7, 11) is 1.70. The molecule has 8 nitrogen and oxygen atoms in total. The molecule has 0 unspecified atom stereocenters. The van der Waals surface area contributed by atoms with Crippen LogP contribution in [0.3, 0.4) is 0 Å². The molecule has 1 aliphatic heterocycles. The van der Waals surface area contributed by atoms with Crippen molar-refractivity contribution in [3.05, 3.63) is 48.2 Å². The maximum atomic E-state index is 12.2. The van der Waals surface area contributed by atoms with Gasteiger partial charge in [0.15, 0.2) is 5.96 Å². The summed E-state index contributed by atoms with van der Waals surface area (Å²) in [6.45, 7) is 8.68. The van der Waals surface area contributed by atoms with Crippen molar-refractivity contribution < 1.29 is 9.53 Å². The van der Waals surface area contributed by atoms with Crippen LogP contribution < -0.4 is 20.3 Å². The van der Waals surface area contributed by atoms with Crippen LogP contribution in [0.15, 0.2) is 47.6 Å². The first-order valence-corrected chi connectivity index (χ1v) is 10.7. The summed E-state index contributed by atoms with van der Waals surface area (Å²) in [5.74, 6) is 2.23. The highest BCUT2D eigenvalue weighted by Gasteiger charge is 2.21. The van der Waals surface area contributed by atoms with Crippen molar-refractivity contribution in [1.29, 1.82) is 0 Å². The highest BCUT2D eigenvalue weighted by atomic mass is 127. The van der Waals surface area contributed by atoms with Crippen LogP contribution >= 0.6 is 24.0 Å². The van der Waals surface area contributed by atoms with Gasteiger partial charge in [0.1, 0.15) is 11.6 Å². The van der Waals surface area contributed by atoms with E-state index in [4.69, 9.17) is 4.74 Å². The first-order chi connectivity index (χ1) is 15.1. The lowest BCUT2D eigenvalue weighted by Gasteiger charge is -2.38. The molecule has 0 radical (unpaired) electrons. The van der Waals surface area contributed by atoms with Crippen LogP contribution in [0.2, 0.25) is 0 Å². The Labute approximate surface area is 207 Å². The predicted molar refractivity (Wildman–Crippen MR) is 140 cm³/mol.